The van der Waals surface area contributed by atoms with E-state index in [9.17, 15) is 15.0 Å². The summed E-state index contributed by atoms with van der Waals surface area (Å²) in [4.78, 5) is 13.0. The van der Waals surface area contributed by atoms with Crippen LogP contribution < -0.4 is 0 Å². The lowest BCUT2D eigenvalue weighted by Crippen LogP contribution is -2.43. The zero-order chi connectivity index (χ0) is 16.6. The monoisotopic (exact) mass is 322 g/mol. The first-order chi connectivity index (χ1) is 11.5. The molecule has 1 aliphatic heterocycles. The maximum atomic E-state index is 13.0. The number of Topliss-reactive ketones (excluding diaryl/α,β-unsaturated/α-hetero) is 1. The number of ketones is 1. The molecule has 3 atom stereocenters. The third-order valence-electron chi connectivity index (χ3n) is 6.06. The number of fused-ring (bicyclic) bond motifs is 3. The molecule has 0 bridgehead atoms. The maximum Gasteiger partial charge on any atom is 0.227 e. The van der Waals surface area contributed by atoms with Gasteiger partial charge in [0.15, 0.2) is 5.76 Å². The molecule has 2 aliphatic carbocycles. The number of hydrogen-bond acceptors (Lipinski definition) is 4. The molecule has 4 nitrogen and oxygen atoms in total. The zero-order valence-electron chi connectivity index (χ0n) is 13.4. The zero-order valence-corrected chi connectivity index (χ0v) is 13.4. The number of hydrogen-bond donors (Lipinski definition) is 2. The number of aromatic hydroxyl groups is 1. The van der Waals surface area contributed by atoms with Gasteiger partial charge in [0.25, 0.3) is 0 Å². The summed E-state index contributed by atoms with van der Waals surface area (Å²) in [5.41, 5.74) is 2.28. The van der Waals surface area contributed by atoms with Crippen LogP contribution in [0.5, 0.6) is 5.75 Å². The molecule has 3 aliphatic rings. The molecule has 0 radical (unpaired) electrons. The van der Waals surface area contributed by atoms with Crippen LogP contribution in [-0.4, -0.2) is 28.7 Å². The van der Waals surface area contributed by atoms with Crippen molar-refractivity contribution >= 4 is 16.6 Å². The van der Waals surface area contributed by atoms with E-state index in [0.717, 1.165) is 22.9 Å². The van der Waals surface area contributed by atoms with Gasteiger partial charge in [-0.1, -0.05) is 19.1 Å². The highest BCUT2D eigenvalue weighted by atomic mass is 16.5. The lowest BCUT2D eigenvalue weighted by molar-refractivity contribution is 0.0631. The van der Waals surface area contributed by atoms with Gasteiger partial charge in [0.05, 0.1) is 12.7 Å². The molecule has 0 aromatic heterocycles. The number of aliphatic hydroxyl groups is 1. The van der Waals surface area contributed by atoms with Crippen molar-refractivity contribution in [2.45, 2.75) is 31.3 Å². The number of carbonyl (C=O) groups excluding carboxylic acids is 1. The standard InChI is InChI=1S/C20H18O4/c1-20-6-5-16(22)13-9-24-19(17(13)20)18(23)12-8-11-10(7-14(12)20)3-2-4-15(11)21/h2-4,7-8,13,16,21-22H,5-6,9H2,1H3. The smallest absolute Gasteiger partial charge is 0.227 e. The number of phenolic OH excluding ortho intramolecular Hbond substituents is 1. The Morgan fingerprint density at radius 2 is 2.12 bits per heavy atom. The van der Waals surface area contributed by atoms with E-state index in [1.54, 1.807) is 12.1 Å². The number of benzene rings is 2. The first-order valence-corrected chi connectivity index (χ1v) is 8.37. The average Bonchev–Trinajstić information content (AvgIpc) is 3.03. The summed E-state index contributed by atoms with van der Waals surface area (Å²) in [7, 11) is 0. The predicted octanol–water partition coefficient (Wildman–Crippen LogP) is 3.05. The third-order valence-corrected chi connectivity index (χ3v) is 6.06. The van der Waals surface area contributed by atoms with Crippen LogP contribution in [0.2, 0.25) is 0 Å². The van der Waals surface area contributed by atoms with E-state index in [4.69, 9.17) is 4.74 Å². The molecule has 122 valence electrons. The largest absolute Gasteiger partial charge is 0.507 e. The Hall–Kier alpha value is -2.33. The van der Waals surface area contributed by atoms with Crippen LogP contribution in [0.25, 0.3) is 10.8 Å². The summed E-state index contributed by atoms with van der Waals surface area (Å²) in [5, 5.41) is 22.1. The van der Waals surface area contributed by atoms with E-state index in [0.29, 0.717) is 29.7 Å². The predicted molar refractivity (Wildman–Crippen MR) is 89.0 cm³/mol. The molecule has 0 spiro atoms. The summed E-state index contributed by atoms with van der Waals surface area (Å²) in [6, 6.07) is 9.22. The van der Waals surface area contributed by atoms with Crippen LogP contribution in [0.15, 0.2) is 41.7 Å². The van der Waals surface area contributed by atoms with Crippen LogP contribution in [0.4, 0.5) is 0 Å². The second kappa shape index (κ2) is 4.39. The molecule has 2 aromatic carbocycles. The van der Waals surface area contributed by atoms with E-state index in [1.165, 1.54) is 0 Å². The lowest BCUT2D eigenvalue weighted by atomic mass is 9.59. The van der Waals surface area contributed by atoms with Gasteiger partial charge in [0.2, 0.25) is 5.78 Å². The van der Waals surface area contributed by atoms with Crippen molar-refractivity contribution in [2.24, 2.45) is 5.92 Å². The molecular formula is C20H18O4. The molecule has 1 heterocycles. The fraction of sp³-hybridized carbons (Fsp3) is 0.350. The van der Waals surface area contributed by atoms with E-state index in [1.807, 2.05) is 18.2 Å². The van der Waals surface area contributed by atoms with Gasteiger partial charge in [0.1, 0.15) is 5.75 Å². The van der Waals surface area contributed by atoms with Gasteiger partial charge in [-0.3, -0.25) is 4.79 Å². The lowest BCUT2D eigenvalue weighted by Gasteiger charge is -2.43. The molecule has 3 unspecified atom stereocenters. The molecule has 1 saturated carbocycles. The van der Waals surface area contributed by atoms with Crippen LogP contribution in [0, 0.1) is 5.92 Å². The summed E-state index contributed by atoms with van der Waals surface area (Å²) in [5.74, 6) is 0.385. The van der Waals surface area contributed by atoms with Gasteiger partial charge in [-0.15, -0.1) is 0 Å². The fourth-order valence-corrected chi connectivity index (χ4v) is 4.78. The Morgan fingerprint density at radius 3 is 2.96 bits per heavy atom. The van der Waals surface area contributed by atoms with Crippen LogP contribution in [-0.2, 0) is 10.2 Å². The number of phenols is 1. The molecule has 5 rings (SSSR count). The highest BCUT2D eigenvalue weighted by Crippen LogP contribution is 2.55. The molecule has 2 aromatic rings. The van der Waals surface area contributed by atoms with Gasteiger partial charge in [0, 0.05) is 22.3 Å². The molecule has 0 amide bonds. The minimum absolute atomic E-state index is 0.0873. The Kier molecular flexibility index (Phi) is 2.57. The fourth-order valence-electron chi connectivity index (χ4n) is 4.78. The number of aliphatic hydroxyl groups excluding tert-OH is 1. The quantitative estimate of drug-likeness (QED) is 0.782. The van der Waals surface area contributed by atoms with Crippen molar-refractivity contribution in [3.05, 3.63) is 52.8 Å². The van der Waals surface area contributed by atoms with E-state index >= 15 is 0 Å². The van der Waals surface area contributed by atoms with Crippen molar-refractivity contribution in [1.29, 1.82) is 0 Å². The van der Waals surface area contributed by atoms with E-state index in [-0.39, 0.29) is 22.9 Å². The van der Waals surface area contributed by atoms with Gasteiger partial charge >= 0.3 is 0 Å². The topological polar surface area (TPSA) is 66.8 Å². The molecule has 4 heteroatoms. The summed E-state index contributed by atoms with van der Waals surface area (Å²) in [6.45, 7) is 2.53. The molecule has 2 N–H and O–H groups in total. The summed E-state index contributed by atoms with van der Waals surface area (Å²) in [6.07, 6.45) is 1.05. The Morgan fingerprint density at radius 1 is 1.29 bits per heavy atom. The number of rotatable bonds is 0. The Bertz CT molecular complexity index is 942. The molecule has 1 fully saturated rings. The number of ether oxygens (including phenoxy) is 1. The van der Waals surface area contributed by atoms with Crippen LogP contribution in [0.3, 0.4) is 0 Å². The maximum absolute atomic E-state index is 13.0. The minimum Gasteiger partial charge on any atom is -0.507 e. The number of allylic oxidation sites excluding steroid dienone is 1. The van der Waals surface area contributed by atoms with Gasteiger partial charge in [-0.2, -0.15) is 0 Å². The van der Waals surface area contributed by atoms with Crippen LogP contribution >= 0.6 is 0 Å². The summed E-state index contributed by atoms with van der Waals surface area (Å²) < 4.78 is 5.73. The highest BCUT2D eigenvalue weighted by molar-refractivity contribution is 6.13. The van der Waals surface area contributed by atoms with Crippen molar-refractivity contribution in [1.82, 2.24) is 0 Å². The Labute approximate surface area is 139 Å². The first-order valence-electron chi connectivity index (χ1n) is 8.37. The third kappa shape index (κ3) is 1.54. The molecule has 0 saturated heterocycles. The highest BCUT2D eigenvalue weighted by Gasteiger charge is 2.53. The van der Waals surface area contributed by atoms with Gasteiger partial charge in [-0.05, 0) is 47.6 Å². The van der Waals surface area contributed by atoms with Crippen molar-refractivity contribution in [3.8, 4) is 5.75 Å². The van der Waals surface area contributed by atoms with Crippen LogP contribution in [0.1, 0.15) is 35.7 Å². The normalized spacial score (nSPS) is 31.0. The average molecular weight is 322 g/mol. The van der Waals surface area contributed by atoms with Gasteiger partial charge < -0.3 is 14.9 Å². The second-order valence-electron chi connectivity index (χ2n) is 7.32. The van der Waals surface area contributed by atoms with Crippen molar-refractivity contribution in [2.75, 3.05) is 6.61 Å². The van der Waals surface area contributed by atoms with Crippen molar-refractivity contribution < 1.29 is 19.7 Å². The molecule has 24 heavy (non-hydrogen) atoms. The number of carbonyl (C=O) groups is 1. The van der Waals surface area contributed by atoms with E-state index < -0.39 is 6.10 Å². The molecular weight excluding hydrogens is 304 g/mol. The Balaban J connectivity index is 1.84. The van der Waals surface area contributed by atoms with Gasteiger partial charge in [-0.25, -0.2) is 0 Å². The first kappa shape index (κ1) is 14.1. The van der Waals surface area contributed by atoms with Crippen molar-refractivity contribution in [3.63, 3.8) is 0 Å². The van der Waals surface area contributed by atoms with E-state index in [2.05, 4.69) is 6.92 Å². The minimum atomic E-state index is -0.440. The second-order valence-corrected chi connectivity index (χ2v) is 7.32. The summed E-state index contributed by atoms with van der Waals surface area (Å²) >= 11 is 0. The SMILES string of the molecule is CC12CCC(O)C3COC(=C31)C(=O)c1cc3c(O)cccc3cc12.